The number of piperidine rings is 1. The third kappa shape index (κ3) is 3.42. The van der Waals surface area contributed by atoms with Gasteiger partial charge in [0.1, 0.15) is 0 Å². The first kappa shape index (κ1) is 18.9. The molecular weight excluding hydrogens is 380 g/mol. The van der Waals surface area contributed by atoms with Crippen molar-refractivity contribution in [1.29, 1.82) is 0 Å². The van der Waals surface area contributed by atoms with E-state index >= 15 is 0 Å². The lowest BCUT2D eigenvalue weighted by Crippen LogP contribution is -2.40. The normalized spacial score (nSPS) is 22.3. The Labute approximate surface area is 175 Å². The van der Waals surface area contributed by atoms with E-state index in [0.717, 1.165) is 54.8 Å². The Balaban J connectivity index is 1.27. The summed E-state index contributed by atoms with van der Waals surface area (Å²) in [5.41, 5.74) is 4.69. The Morgan fingerprint density at radius 1 is 1.28 bits per heavy atom. The number of aryl methyl sites for hydroxylation is 1. The Kier molecular flexibility index (Phi) is 5.00. The molecule has 3 aromatic rings. The van der Waals surface area contributed by atoms with E-state index in [1.807, 2.05) is 11.5 Å². The molecule has 2 aromatic heterocycles. The van der Waals surface area contributed by atoms with Gasteiger partial charge in [-0.2, -0.15) is 0 Å². The molecule has 2 aliphatic heterocycles. The molecule has 0 amide bonds. The molecule has 1 aromatic carbocycles. The Morgan fingerprint density at radius 2 is 2.14 bits per heavy atom. The van der Waals surface area contributed by atoms with Crippen LogP contribution >= 0.6 is 11.8 Å². The maximum absolute atomic E-state index is 12.8. The van der Waals surface area contributed by atoms with Crippen molar-refractivity contribution >= 4 is 22.7 Å². The van der Waals surface area contributed by atoms with Gasteiger partial charge in [-0.15, -0.1) is 0 Å². The minimum absolute atomic E-state index is 0.180. The minimum atomic E-state index is 0.180. The van der Waals surface area contributed by atoms with Gasteiger partial charge in [0.15, 0.2) is 5.16 Å². The first-order valence-electron chi connectivity index (χ1n) is 10.6. The van der Waals surface area contributed by atoms with Crippen LogP contribution in [0.15, 0.2) is 40.4 Å². The number of rotatable bonds is 4. The molecule has 2 aliphatic rings. The summed E-state index contributed by atoms with van der Waals surface area (Å²) >= 11 is 1.69. The number of aromatic amines is 1. The van der Waals surface area contributed by atoms with E-state index in [2.05, 4.69) is 52.3 Å². The van der Waals surface area contributed by atoms with Crippen molar-refractivity contribution in [3.8, 4) is 0 Å². The van der Waals surface area contributed by atoms with Gasteiger partial charge in [-0.3, -0.25) is 9.36 Å². The molecule has 0 unspecified atom stereocenters. The number of thioether (sulfide) groups is 1. The molecule has 0 radical (unpaired) electrons. The van der Waals surface area contributed by atoms with Crippen LogP contribution in [0.5, 0.6) is 0 Å². The second-order valence-electron chi connectivity index (χ2n) is 8.48. The molecule has 5 nitrogen and oxygen atoms in total. The molecule has 1 saturated heterocycles. The first-order chi connectivity index (χ1) is 14.1. The van der Waals surface area contributed by atoms with E-state index in [0.29, 0.717) is 11.8 Å². The summed E-state index contributed by atoms with van der Waals surface area (Å²) in [6.45, 7) is 8.26. The molecule has 5 rings (SSSR count). The summed E-state index contributed by atoms with van der Waals surface area (Å²) in [6, 6.07) is 8.60. The summed E-state index contributed by atoms with van der Waals surface area (Å²) in [6.07, 6.45) is 4.17. The molecule has 6 heteroatoms. The van der Waals surface area contributed by atoms with Crippen molar-refractivity contribution in [2.75, 3.05) is 25.4 Å². The van der Waals surface area contributed by atoms with Crippen molar-refractivity contribution in [2.45, 2.75) is 44.3 Å². The number of likely N-dealkylation sites (tertiary alicyclic amines) is 1. The van der Waals surface area contributed by atoms with E-state index in [9.17, 15) is 4.79 Å². The number of H-pyrrole nitrogens is 1. The van der Waals surface area contributed by atoms with Crippen LogP contribution in [-0.4, -0.2) is 44.8 Å². The summed E-state index contributed by atoms with van der Waals surface area (Å²) in [7, 11) is 0. The minimum Gasteiger partial charge on any atom is -0.361 e. The average Bonchev–Trinajstić information content (AvgIpc) is 3.35. The van der Waals surface area contributed by atoms with Crippen molar-refractivity contribution < 1.29 is 0 Å². The smallest absolute Gasteiger partial charge is 0.257 e. The van der Waals surface area contributed by atoms with Gasteiger partial charge in [-0.25, -0.2) is 4.98 Å². The molecule has 4 heterocycles. The van der Waals surface area contributed by atoms with Crippen molar-refractivity contribution in [1.82, 2.24) is 19.4 Å². The number of benzene rings is 1. The molecule has 152 valence electrons. The van der Waals surface area contributed by atoms with E-state index in [4.69, 9.17) is 0 Å². The second kappa shape index (κ2) is 7.65. The van der Waals surface area contributed by atoms with Crippen LogP contribution in [0, 0.1) is 12.8 Å². The number of hydrogen-bond acceptors (Lipinski definition) is 4. The van der Waals surface area contributed by atoms with Gasteiger partial charge in [0.05, 0.1) is 0 Å². The van der Waals surface area contributed by atoms with Gasteiger partial charge in [0, 0.05) is 53.7 Å². The highest BCUT2D eigenvalue weighted by atomic mass is 32.2. The van der Waals surface area contributed by atoms with Gasteiger partial charge in [0.2, 0.25) is 0 Å². The van der Waals surface area contributed by atoms with Gasteiger partial charge in [-0.05, 0) is 49.8 Å². The predicted octanol–water partition coefficient (Wildman–Crippen LogP) is 3.81. The number of hydrogen-bond donors (Lipinski definition) is 1. The monoisotopic (exact) mass is 408 g/mol. The molecular formula is C23H28N4OS. The third-order valence-corrected chi connectivity index (χ3v) is 7.63. The van der Waals surface area contributed by atoms with Gasteiger partial charge in [-0.1, -0.05) is 36.9 Å². The molecule has 0 spiro atoms. The van der Waals surface area contributed by atoms with Crippen molar-refractivity contribution in [2.24, 2.45) is 5.92 Å². The zero-order valence-corrected chi connectivity index (χ0v) is 18.0. The summed E-state index contributed by atoms with van der Waals surface area (Å²) in [4.78, 5) is 23.5. The van der Waals surface area contributed by atoms with E-state index in [-0.39, 0.29) is 5.56 Å². The van der Waals surface area contributed by atoms with Crippen LogP contribution in [0.1, 0.15) is 36.1 Å². The maximum atomic E-state index is 12.8. The lowest BCUT2D eigenvalue weighted by Gasteiger charge is -2.37. The van der Waals surface area contributed by atoms with Crippen LogP contribution in [0.3, 0.4) is 0 Å². The SMILES string of the molecule is Cc1nc2n(c(=O)c1CCN1CC[C@H](c3c[nH]c4ccccc34)[C@H](C)C1)CCS2. The number of aromatic nitrogens is 3. The standard InChI is InChI=1S/C23H28N4OS/c1-15-14-26(9-7-17(15)20-13-24-21-6-4-3-5-19(20)21)10-8-18-16(2)25-23-27(22(18)28)11-12-29-23/h3-6,13,15,17,24H,7-12,14H2,1-2H3/t15-,17+/m1/s1. The van der Waals surface area contributed by atoms with Crippen molar-refractivity contribution in [3.63, 3.8) is 0 Å². The average molecular weight is 409 g/mol. The zero-order chi connectivity index (χ0) is 20.0. The highest BCUT2D eigenvalue weighted by Gasteiger charge is 2.29. The summed E-state index contributed by atoms with van der Waals surface area (Å²) in [5.74, 6) is 2.15. The van der Waals surface area contributed by atoms with Crippen LogP contribution < -0.4 is 5.56 Å². The highest BCUT2D eigenvalue weighted by Crippen LogP contribution is 2.36. The van der Waals surface area contributed by atoms with E-state index in [1.54, 1.807) is 11.8 Å². The van der Waals surface area contributed by atoms with E-state index < -0.39 is 0 Å². The van der Waals surface area contributed by atoms with Gasteiger partial charge >= 0.3 is 0 Å². The fourth-order valence-corrected chi connectivity index (χ4v) is 6.05. The topological polar surface area (TPSA) is 53.9 Å². The Morgan fingerprint density at radius 3 is 3.00 bits per heavy atom. The molecule has 29 heavy (non-hydrogen) atoms. The first-order valence-corrected chi connectivity index (χ1v) is 11.6. The van der Waals surface area contributed by atoms with Crippen LogP contribution in [0.2, 0.25) is 0 Å². The second-order valence-corrected chi connectivity index (χ2v) is 9.54. The van der Waals surface area contributed by atoms with E-state index in [1.165, 1.54) is 22.9 Å². The number of para-hydroxylation sites is 1. The van der Waals surface area contributed by atoms with Crippen LogP contribution in [-0.2, 0) is 13.0 Å². The molecule has 1 N–H and O–H groups in total. The maximum Gasteiger partial charge on any atom is 0.257 e. The quantitative estimate of drug-likeness (QED) is 0.667. The fraction of sp³-hybridized carbons (Fsp3) is 0.478. The lowest BCUT2D eigenvalue weighted by molar-refractivity contribution is 0.165. The lowest BCUT2D eigenvalue weighted by atomic mass is 9.81. The summed E-state index contributed by atoms with van der Waals surface area (Å²) in [5, 5.41) is 2.26. The number of fused-ring (bicyclic) bond motifs is 2. The van der Waals surface area contributed by atoms with Gasteiger partial charge < -0.3 is 9.88 Å². The molecule has 2 atom stereocenters. The Bertz CT molecular complexity index is 1100. The number of nitrogens with one attached hydrogen (secondary N) is 1. The predicted molar refractivity (Wildman–Crippen MR) is 119 cm³/mol. The van der Waals surface area contributed by atoms with Crippen molar-refractivity contribution in [3.05, 3.63) is 57.6 Å². The molecule has 0 aliphatic carbocycles. The molecule has 0 bridgehead atoms. The third-order valence-electron chi connectivity index (χ3n) is 6.67. The van der Waals surface area contributed by atoms with Gasteiger partial charge in [0.25, 0.3) is 5.56 Å². The Hall–Kier alpha value is -2.05. The zero-order valence-electron chi connectivity index (χ0n) is 17.1. The highest BCUT2D eigenvalue weighted by molar-refractivity contribution is 7.99. The molecule has 0 saturated carbocycles. The fourth-order valence-electron chi connectivity index (χ4n) is 5.07. The number of nitrogens with zero attached hydrogens (tertiary/aromatic N) is 3. The summed E-state index contributed by atoms with van der Waals surface area (Å²) < 4.78 is 1.86. The van der Waals surface area contributed by atoms with Crippen LogP contribution in [0.25, 0.3) is 10.9 Å². The molecule has 1 fully saturated rings. The van der Waals surface area contributed by atoms with Crippen LogP contribution in [0.4, 0.5) is 0 Å². The largest absolute Gasteiger partial charge is 0.361 e.